The molecule has 2 heterocycles. The third kappa shape index (κ3) is 1.48. The molecule has 1 atom stereocenters. The normalized spacial score (nSPS) is 22.1. The van der Waals surface area contributed by atoms with Crippen molar-refractivity contribution in [3.8, 4) is 0 Å². The zero-order valence-electron chi connectivity index (χ0n) is 8.31. The molecule has 1 unspecified atom stereocenters. The van der Waals surface area contributed by atoms with Crippen LogP contribution in [0.25, 0.3) is 0 Å². The monoisotopic (exact) mass is 302 g/mol. The average Bonchev–Trinajstić information content (AvgIpc) is 2.84. The Morgan fingerprint density at radius 3 is 2.56 bits per heavy atom. The summed E-state index contributed by atoms with van der Waals surface area (Å²) in [6.45, 7) is 1.90. The van der Waals surface area contributed by atoms with Gasteiger partial charge in [-0.2, -0.15) is 0 Å². The summed E-state index contributed by atoms with van der Waals surface area (Å²) in [5.41, 5.74) is 2.65. The molecule has 16 heavy (non-hydrogen) atoms. The molecule has 0 N–H and O–H groups in total. The van der Waals surface area contributed by atoms with Crippen molar-refractivity contribution in [1.29, 1.82) is 0 Å². The summed E-state index contributed by atoms with van der Waals surface area (Å²) >= 11 is 4.11. The molecule has 82 valence electrons. The molecule has 0 aliphatic carbocycles. The number of hydrogen-bond acceptors (Lipinski definition) is 4. The van der Waals surface area contributed by atoms with E-state index >= 15 is 0 Å². The van der Waals surface area contributed by atoms with Gasteiger partial charge in [0.1, 0.15) is 0 Å². The fourth-order valence-corrected chi connectivity index (χ4v) is 3.91. The third-order valence-corrected chi connectivity index (χ3v) is 5.12. The topological polar surface area (TPSA) is 43.2 Å². The summed E-state index contributed by atoms with van der Waals surface area (Å²) in [7, 11) is 0. The summed E-state index contributed by atoms with van der Waals surface area (Å²) in [6, 6.07) is 7.49. The van der Waals surface area contributed by atoms with E-state index in [4.69, 9.17) is 19.4 Å². The van der Waals surface area contributed by atoms with Gasteiger partial charge in [-0.1, -0.05) is 0 Å². The first-order valence-electron chi connectivity index (χ1n) is 4.61. The maximum absolute atomic E-state index is 5.84. The van der Waals surface area contributed by atoms with Gasteiger partial charge in [-0.05, 0) is 0 Å². The van der Waals surface area contributed by atoms with E-state index in [1.54, 1.807) is 0 Å². The van der Waals surface area contributed by atoms with Crippen molar-refractivity contribution in [2.45, 2.75) is 6.92 Å². The molecule has 6 heteroatoms. The number of hydrogen-bond donors (Lipinski definition) is 0. The standard InChI is InChI=1S/C10H7ClN2O2Se/c1-6-10-9(13-15-16(10)14-12-6)7-2-4-8(11)5-3-7/h2-5H,1H3. The SMILES string of the molecule is CC1=NO[Se]2=C1C(c1ccc(Cl)cc1)=NO2. The second-order valence-electron chi connectivity index (χ2n) is 3.34. The Morgan fingerprint density at radius 1 is 1.12 bits per heavy atom. The van der Waals surface area contributed by atoms with Gasteiger partial charge in [0, 0.05) is 0 Å². The van der Waals surface area contributed by atoms with Gasteiger partial charge in [0.2, 0.25) is 0 Å². The molecule has 0 radical (unpaired) electrons. The summed E-state index contributed by atoms with van der Waals surface area (Å²) < 4.78 is 11.4. The zero-order chi connectivity index (χ0) is 11.1. The van der Waals surface area contributed by atoms with Crippen LogP contribution in [-0.2, 0) is 7.84 Å². The minimum atomic E-state index is -1.73. The van der Waals surface area contributed by atoms with Crippen LogP contribution in [0.2, 0.25) is 5.02 Å². The second kappa shape index (κ2) is 3.70. The molecular weight excluding hydrogens is 295 g/mol. The van der Waals surface area contributed by atoms with E-state index in [-0.39, 0.29) is 0 Å². The van der Waals surface area contributed by atoms with Crippen LogP contribution < -0.4 is 0 Å². The third-order valence-electron chi connectivity index (χ3n) is 2.27. The predicted molar refractivity (Wildman–Crippen MR) is 64.0 cm³/mol. The number of nitrogens with zero attached hydrogens (tertiary/aromatic N) is 2. The molecule has 1 aromatic carbocycles. The first kappa shape index (κ1) is 10.0. The Kier molecular flexibility index (Phi) is 2.32. The summed E-state index contributed by atoms with van der Waals surface area (Å²) in [5, 5.41) is 8.68. The molecule has 0 saturated heterocycles. The Morgan fingerprint density at radius 2 is 1.81 bits per heavy atom. The molecule has 3 rings (SSSR count). The first-order chi connectivity index (χ1) is 7.75. The zero-order valence-corrected chi connectivity index (χ0v) is 10.8. The van der Waals surface area contributed by atoms with Gasteiger partial charge in [0.05, 0.1) is 0 Å². The first-order valence-corrected chi connectivity index (χ1v) is 7.24. The van der Waals surface area contributed by atoms with Crippen LogP contribution >= 0.6 is 11.6 Å². The number of benzene rings is 1. The van der Waals surface area contributed by atoms with E-state index in [0.29, 0.717) is 5.02 Å². The van der Waals surface area contributed by atoms with Crippen molar-refractivity contribution in [3.05, 3.63) is 34.9 Å². The van der Waals surface area contributed by atoms with Crippen molar-refractivity contribution in [3.63, 3.8) is 0 Å². The van der Waals surface area contributed by atoms with Gasteiger partial charge < -0.3 is 0 Å². The molecule has 0 aromatic heterocycles. The molecule has 0 spiro atoms. The molecule has 1 aromatic rings. The van der Waals surface area contributed by atoms with Gasteiger partial charge in [0.25, 0.3) is 0 Å². The van der Waals surface area contributed by atoms with Crippen molar-refractivity contribution in [2.24, 2.45) is 10.3 Å². The molecular formula is C10H7ClN2O2Se. The summed E-state index contributed by atoms with van der Waals surface area (Å²) in [6.07, 6.45) is 0. The van der Waals surface area contributed by atoms with Gasteiger partial charge in [-0.3, -0.25) is 0 Å². The van der Waals surface area contributed by atoms with Crippen molar-refractivity contribution in [1.82, 2.24) is 0 Å². The Bertz CT molecular complexity index is 548. The number of halogens is 1. The summed E-state index contributed by atoms with van der Waals surface area (Å²) in [5.74, 6) is 0. The van der Waals surface area contributed by atoms with Crippen LogP contribution in [0.1, 0.15) is 12.5 Å². The van der Waals surface area contributed by atoms with Crippen molar-refractivity contribution >= 4 is 41.6 Å². The molecule has 0 amide bonds. The Balaban J connectivity index is 2.03. The maximum atomic E-state index is 5.84. The van der Waals surface area contributed by atoms with Crippen LogP contribution in [0.5, 0.6) is 0 Å². The van der Waals surface area contributed by atoms with E-state index in [0.717, 1.165) is 21.4 Å². The molecule has 0 fully saturated rings. The van der Waals surface area contributed by atoms with Gasteiger partial charge in [-0.15, -0.1) is 0 Å². The molecule has 2 aliphatic rings. The van der Waals surface area contributed by atoms with E-state index < -0.39 is 14.1 Å². The van der Waals surface area contributed by atoms with Crippen molar-refractivity contribution < 1.29 is 7.84 Å². The quantitative estimate of drug-likeness (QED) is 0.741. The van der Waals surface area contributed by atoms with Crippen molar-refractivity contribution in [2.75, 3.05) is 0 Å². The van der Waals surface area contributed by atoms with Gasteiger partial charge >= 0.3 is 101 Å². The minimum absolute atomic E-state index is 0.703. The second-order valence-corrected chi connectivity index (χ2v) is 6.24. The fourth-order valence-electron chi connectivity index (χ4n) is 1.49. The van der Waals surface area contributed by atoms with Gasteiger partial charge in [-0.25, -0.2) is 0 Å². The van der Waals surface area contributed by atoms with Crippen LogP contribution in [0.3, 0.4) is 0 Å². The summed E-state index contributed by atoms with van der Waals surface area (Å²) in [4.78, 5) is 0. The van der Waals surface area contributed by atoms with Crippen LogP contribution in [0.15, 0.2) is 34.6 Å². The van der Waals surface area contributed by atoms with Crippen LogP contribution in [-0.4, -0.2) is 30.0 Å². The van der Waals surface area contributed by atoms with Crippen LogP contribution in [0, 0.1) is 0 Å². The predicted octanol–water partition coefficient (Wildman–Crippen LogP) is 1.72. The Hall–Kier alpha value is -1.16. The van der Waals surface area contributed by atoms with E-state index in [1.807, 2.05) is 31.2 Å². The number of rotatable bonds is 1. The number of oxime groups is 2. The molecule has 2 aliphatic heterocycles. The molecule has 0 saturated carbocycles. The van der Waals surface area contributed by atoms with E-state index in [1.165, 1.54) is 0 Å². The van der Waals surface area contributed by atoms with Crippen LogP contribution in [0.4, 0.5) is 0 Å². The fraction of sp³-hybridized carbons (Fsp3) is 0.100. The van der Waals surface area contributed by atoms with E-state index in [9.17, 15) is 0 Å². The molecule has 4 nitrogen and oxygen atoms in total. The van der Waals surface area contributed by atoms with E-state index in [2.05, 4.69) is 10.3 Å². The molecule has 0 bridgehead atoms. The Labute approximate surface area is 102 Å². The van der Waals surface area contributed by atoms with Gasteiger partial charge in [0.15, 0.2) is 0 Å². The average molecular weight is 302 g/mol.